The quantitative estimate of drug-likeness (QED) is 0.698. The second kappa shape index (κ2) is 2.48. The number of rotatable bonds is 2. The van der Waals surface area contributed by atoms with Gasteiger partial charge >= 0.3 is 5.97 Å². The smallest absolute Gasteiger partial charge is 0.317 e. The number of aliphatic carboxylic acids is 1. The van der Waals surface area contributed by atoms with E-state index >= 15 is 0 Å². The monoisotopic (exact) mass is 183 g/mol. The highest BCUT2D eigenvalue weighted by atomic mass is 16.5. The number of H-pyrrole nitrogens is 1. The van der Waals surface area contributed by atoms with Crippen molar-refractivity contribution in [2.24, 2.45) is 0 Å². The Morgan fingerprint density at radius 1 is 1.62 bits per heavy atom. The Balaban J connectivity index is 2.42. The standard InChI is InChI=1S/C8H9NO4/c10-6-4-5(13-9-6)8(7(11)12)2-1-3-8/h4H,1-3H2,(H,9,10)(H,11,12). The molecular formula is C8H9NO4. The summed E-state index contributed by atoms with van der Waals surface area (Å²) < 4.78 is 4.81. The van der Waals surface area contributed by atoms with Crippen LogP contribution >= 0.6 is 0 Å². The average molecular weight is 183 g/mol. The Kier molecular flexibility index (Phi) is 1.55. The number of carboxylic acid groups (broad SMARTS) is 1. The second-order valence-corrected chi connectivity index (χ2v) is 3.32. The first-order valence-corrected chi connectivity index (χ1v) is 4.07. The van der Waals surface area contributed by atoms with Crippen LogP contribution in [0.1, 0.15) is 25.0 Å². The van der Waals surface area contributed by atoms with Gasteiger partial charge in [0.2, 0.25) is 0 Å². The van der Waals surface area contributed by atoms with Gasteiger partial charge < -0.3 is 9.63 Å². The van der Waals surface area contributed by atoms with E-state index in [2.05, 4.69) is 5.16 Å². The van der Waals surface area contributed by atoms with E-state index in [1.54, 1.807) is 0 Å². The summed E-state index contributed by atoms with van der Waals surface area (Å²) in [5, 5.41) is 11.1. The molecule has 13 heavy (non-hydrogen) atoms. The van der Waals surface area contributed by atoms with E-state index in [-0.39, 0.29) is 11.3 Å². The summed E-state index contributed by atoms with van der Waals surface area (Å²) in [6.45, 7) is 0. The van der Waals surface area contributed by atoms with E-state index in [1.807, 2.05) is 0 Å². The first kappa shape index (κ1) is 8.10. The molecule has 1 heterocycles. The summed E-state index contributed by atoms with van der Waals surface area (Å²) >= 11 is 0. The van der Waals surface area contributed by atoms with Crippen LogP contribution in [0.4, 0.5) is 0 Å². The molecule has 1 aromatic heterocycles. The van der Waals surface area contributed by atoms with E-state index in [1.165, 1.54) is 6.07 Å². The molecule has 1 fully saturated rings. The van der Waals surface area contributed by atoms with Crippen LogP contribution in [0.2, 0.25) is 0 Å². The van der Waals surface area contributed by atoms with Crippen molar-refractivity contribution in [1.82, 2.24) is 5.16 Å². The third kappa shape index (κ3) is 0.998. The minimum Gasteiger partial charge on any atom is -0.480 e. The number of nitrogens with one attached hydrogen (secondary N) is 1. The van der Waals surface area contributed by atoms with Crippen molar-refractivity contribution < 1.29 is 14.4 Å². The Morgan fingerprint density at radius 3 is 2.62 bits per heavy atom. The third-order valence-corrected chi connectivity index (χ3v) is 2.61. The molecule has 5 heteroatoms. The van der Waals surface area contributed by atoms with Crippen molar-refractivity contribution in [3.05, 3.63) is 22.2 Å². The minimum absolute atomic E-state index is 0.247. The van der Waals surface area contributed by atoms with Gasteiger partial charge in [0.1, 0.15) is 5.41 Å². The van der Waals surface area contributed by atoms with Gasteiger partial charge in [-0.1, -0.05) is 6.42 Å². The molecule has 0 aliphatic heterocycles. The lowest BCUT2D eigenvalue weighted by Crippen LogP contribution is -2.42. The van der Waals surface area contributed by atoms with E-state index < -0.39 is 11.4 Å². The van der Waals surface area contributed by atoms with Crippen LogP contribution in [-0.4, -0.2) is 16.2 Å². The van der Waals surface area contributed by atoms with Crippen LogP contribution < -0.4 is 5.56 Å². The largest absolute Gasteiger partial charge is 0.480 e. The second-order valence-electron chi connectivity index (χ2n) is 3.32. The summed E-state index contributed by atoms with van der Waals surface area (Å²) in [5.41, 5.74) is -1.33. The van der Waals surface area contributed by atoms with Gasteiger partial charge in [-0.05, 0) is 12.8 Å². The zero-order valence-corrected chi connectivity index (χ0v) is 6.87. The lowest BCUT2D eigenvalue weighted by atomic mass is 9.67. The number of hydrogen-bond acceptors (Lipinski definition) is 3. The first-order chi connectivity index (χ1) is 6.15. The maximum absolute atomic E-state index is 10.9. The van der Waals surface area contributed by atoms with Crippen LogP contribution in [0, 0.1) is 0 Å². The first-order valence-electron chi connectivity index (χ1n) is 4.07. The highest BCUT2D eigenvalue weighted by Crippen LogP contribution is 2.43. The normalized spacial score (nSPS) is 19.4. The lowest BCUT2D eigenvalue weighted by Gasteiger charge is -2.34. The highest BCUT2D eigenvalue weighted by molar-refractivity contribution is 5.81. The van der Waals surface area contributed by atoms with Crippen LogP contribution in [0.3, 0.4) is 0 Å². The van der Waals surface area contributed by atoms with Crippen molar-refractivity contribution in [2.45, 2.75) is 24.7 Å². The van der Waals surface area contributed by atoms with Gasteiger partial charge in [0.15, 0.2) is 5.76 Å². The summed E-state index contributed by atoms with van der Waals surface area (Å²) in [7, 11) is 0. The Labute approximate surface area is 73.3 Å². The molecule has 2 rings (SSSR count). The number of carboxylic acids is 1. The van der Waals surface area contributed by atoms with Gasteiger partial charge in [-0.25, -0.2) is 0 Å². The van der Waals surface area contributed by atoms with E-state index in [0.717, 1.165) is 6.42 Å². The van der Waals surface area contributed by atoms with Crippen LogP contribution in [0.25, 0.3) is 0 Å². The Hall–Kier alpha value is -1.52. The van der Waals surface area contributed by atoms with E-state index in [4.69, 9.17) is 9.63 Å². The molecule has 2 N–H and O–H groups in total. The van der Waals surface area contributed by atoms with Gasteiger partial charge in [0, 0.05) is 6.07 Å². The SMILES string of the molecule is O=C(O)C1(c2cc(=O)[nH]o2)CCC1. The van der Waals surface area contributed by atoms with Crippen LogP contribution in [0.15, 0.2) is 15.4 Å². The molecule has 0 unspecified atom stereocenters. The molecule has 0 atom stereocenters. The van der Waals surface area contributed by atoms with Crippen molar-refractivity contribution in [2.75, 3.05) is 0 Å². The van der Waals surface area contributed by atoms with Crippen molar-refractivity contribution in [1.29, 1.82) is 0 Å². The molecular weight excluding hydrogens is 174 g/mol. The summed E-state index contributed by atoms with van der Waals surface area (Å²) in [5.74, 6) is -0.669. The number of carbonyl (C=O) groups is 1. The summed E-state index contributed by atoms with van der Waals surface area (Å²) in [6, 6.07) is 1.22. The van der Waals surface area contributed by atoms with Gasteiger partial charge in [-0.15, -0.1) is 0 Å². The van der Waals surface area contributed by atoms with Gasteiger partial charge in [-0.3, -0.25) is 9.59 Å². The average Bonchev–Trinajstić information content (AvgIpc) is 2.32. The molecule has 1 aromatic rings. The molecule has 0 radical (unpaired) electrons. The fourth-order valence-corrected chi connectivity index (χ4v) is 1.62. The molecule has 1 aliphatic rings. The third-order valence-electron chi connectivity index (χ3n) is 2.61. The fraction of sp³-hybridized carbons (Fsp3) is 0.500. The van der Waals surface area contributed by atoms with E-state index in [9.17, 15) is 9.59 Å². The molecule has 0 amide bonds. The highest BCUT2D eigenvalue weighted by Gasteiger charge is 2.49. The molecule has 70 valence electrons. The molecule has 0 saturated heterocycles. The lowest BCUT2D eigenvalue weighted by molar-refractivity contribution is -0.148. The Bertz CT molecular complexity index is 385. The van der Waals surface area contributed by atoms with Gasteiger partial charge in [-0.2, -0.15) is 5.16 Å². The molecule has 5 nitrogen and oxygen atoms in total. The van der Waals surface area contributed by atoms with Crippen LogP contribution in [0.5, 0.6) is 0 Å². The molecule has 0 aromatic carbocycles. The zero-order valence-electron chi connectivity index (χ0n) is 6.87. The molecule has 1 saturated carbocycles. The topological polar surface area (TPSA) is 83.3 Å². The predicted molar refractivity (Wildman–Crippen MR) is 42.5 cm³/mol. The van der Waals surface area contributed by atoms with Crippen molar-refractivity contribution in [3.63, 3.8) is 0 Å². The molecule has 0 bridgehead atoms. The zero-order chi connectivity index (χ0) is 9.47. The minimum atomic E-state index is -0.945. The van der Waals surface area contributed by atoms with Gasteiger partial charge in [0.05, 0.1) is 0 Å². The van der Waals surface area contributed by atoms with Crippen molar-refractivity contribution >= 4 is 5.97 Å². The predicted octanol–water partition coefficient (Wildman–Crippen LogP) is 0.474. The number of aromatic amines is 1. The van der Waals surface area contributed by atoms with E-state index in [0.29, 0.717) is 12.8 Å². The maximum atomic E-state index is 10.9. The fourth-order valence-electron chi connectivity index (χ4n) is 1.62. The summed E-state index contributed by atoms with van der Waals surface area (Å²) in [6.07, 6.45) is 1.95. The molecule has 1 aliphatic carbocycles. The summed E-state index contributed by atoms with van der Waals surface area (Å²) in [4.78, 5) is 21.7. The van der Waals surface area contributed by atoms with Gasteiger partial charge in [0.25, 0.3) is 5.56 Å². The molecule has 0 spiro atoms. The number of hydrogen-bond donors (Lipinski definition) is 2. The Morgan fingerprint density at radius 2 is 2.31 bits per heavy atom. The number of aromatic nitrogens is 1. The van der Waals surface area contributed by atoms with Crippen molar-refractivity contribution in [3.8, 4) is 0 Å². The van der Waals surface area contributed by atoms with Crippen LogP contribution in [-0.2, 0) is 10.2 Å². The maximum Gasteiger partial charge on any atom is 0.317 e.